The van der Waals surface area contributed by atoms with Gasteiger partial charge in [0, 0.05) is 28.8 Å². The molecule has 0 aliphatic carbocycles. The van der Waals surface area contributed by atoms with Gasteiger partial charge in [0.05, 0.1) is 17.1 Å². The van der Waals surface area contributed by atoms with Gasteiger partial charge in [-0.3, -0.25) is 4.79 Å². The lowest BCUT2D eigenvalue weighted by Crippen LogP contribution is -2.20. The number of rotatable bonds is 2. The minimum absolute atomic E-state index is 0.0582. The zero-order chi connectivity index (χ0) is 18.4. The number of anilines is 1. The van der Waals surface area contributed by atoms with Gasteiger partial charge in [-0.1, -0.05) is 47.5 Å². The van der Waals surface area contributed by atoms with Crippen LogP contribution in [-0.2, 0) is 4.79 Å². The molecule has 0 fully saturated rings. The van der Waals surface area contributed by atoms with E-state index in [1.807, 2.05) is 49.4 Å². The molecule has 0 radical (unpaired) electrons. The van der Waals surface area contributed by atoms with Crippen molar-refractivity contribution in [2.24, 2.45) is 0 Å². The third kappa shape index (κ3) is 2.62. The van der Waals surface area contributed by atoms with Gasteiger partial charge in [0.1, 0.15) is 5.15 Å². The molecule has 0 spiro atoms. The summed E-state index contributed by atoms with van der Waals surface area (Å²) < 4.78 is 1.63. The van der Waals surface area contributed by atoms with Gasteiger partial charge in [0.15, 0.2) is 0 Å². The quantitative estimate of drug-likeness (QED) is 0.583. The fourth-order valence-electron chi connectivity index (χ4n) is 3.14. The van der Waals surface area contributed by atoms with Crippen LogP contribution >= 0.6 is 23.2 Å². The molecule has 1 aliphatic rings. The zero-order valence-corrected chi connectivity index (χ0v) is 15.7. The van der Waals surface area contributed by atoms with Crippen LogP contribution in [0, 0.1) is 6.92 Å². The molecule has 130 valence electrons. The van der Waals surface area contributed by atoms with Crippen molar-refractivity contribution in [3.05, 3.63) is 75.5 Å². The Morgan fingerprint density at radius 3 is 2.62 bits per heavy atom. The number of nitrogens with zero attached hydrogens (tertiary/aromatic N) is 3. The summed E-state index contributed by atoms with van der Waals surface area (Å²) in [5.74, 6) is -0.0582. The lowest BCUT2D eigenvalue weighted by Gasteiger charge is -2.07. The number of hydrogen-bond acceptors (Lipinski definition) is 2. The Balaban J connectivity index is 1.86. The smallest absolute Gasteiger partial charge is 0.258 e. The molecule has 2 heterocycles. The first kappa shape index (κ1) is 16.9. The summed E-state index contributed by atoms with van der Waals surface area (Å²) in [4.78, 5) is 14.3. The number of aromatic nitrogens is 2. The number of aryl methyl sites for hydroxylation is 1. The minimum Gasteiger partial charge on any atom is -0.311 e. The summed E-state index contributed by atoms with van der Waals surface area (Å²) in [5, 5.41) is 5.57. The van der Waals surface area contributed by atoms with Gasteiger partial charge in [-0.05, 0) is 37.3 Å². The fourth-order valence-corrected chi connectivity index (χ4v) is 3.65. The lowest BCUT2D eigenvalue weighted by atomic mass is 10.0. The molecule has 1 amide bonds. The molecule has 1 aliphatic heterocycles. The van der Waals surface area contributed by atoms with Crippen LogP contribution in [0.25, 0.3) is 17.3 Å². The Labute approximate surface area is 161 Å². The van der Waals surface area contributed by atoms with Crippen molar-refractivity contribution in [2.45, 2.75) is 6.92 Å². The van der Waals surface area contributed by atoms with Crippen LogP contribution in [-0.4, -0.2) is 22.7 Å². The van der Waals surface area contributed by atoms with E-state index in [4.69, 9.17) is 23.2 Å². The van der Waals surface area contributed by atoms with Gasteiger partial charge < -0.3 is 4.90 Å². The van der Waals surface area contributed by atoms with E-state index in [-0.39, 0.29) is 5.91 Å². The molecule has 4 rings (SSSR count). The Morgan fingerprint density at radius 2 is 1.85 bits per heavy atom. The van der Waals surface area contributed by atoms with Crippen molar-refractivity contribution in [1.29, 1.82) is 0 Å². The third-order valence-electron chi connectivity index (χ3n) is 4.48. The number of carbonyl (C=O) groups is 1. The molecule has 0 atom stereocenters. The maximum absolute atomic E-state index is 12.7. The van der Waals surface area contributed by atoms with E-state index in [0.29, 0.717) is 15.7 Å². The molecule has 26 heavy (non-hydrogen) atoms. The highest BCUT2D eigenvalue weighted by Gasteiger charge is 2.30. The van der Waals surface area contributed by atoms with Crippen molar-refractivity contribution in [3.63, 3.8) is 0 Å². The van der Waals surface area contributed by atoms with Crippen molar-refractivity contribution in [3.8, 4) is 5.69 Å². The fraction of sp³-hybridized carbons (Fsp3) is 0.100. The molecular weight excluding hydrogens is 369 g/mol. The largest absolute Gasteiger partial charge is 0.311 e. The highest BCUT2D eigenvalue weighted by Crippen LogP contribution is 2.38. The Hall–Kier alpha value is -2.56. The van der Waals surface area contributed by atoms with Crippen molar-refractivity contribution in [2.75, 3.05) is 11.9 Å². The molecule has 0 bridgehead atoms. The summed E-state index contributed by atoms with van der Waals surface area (Å²) in [5.41, 5.74) is 4.62. The van der Waals surface area contributed by atoms with Crippen LogP contribution in [0.2, 0.25) is 10.2 Å². The number of likely N-dealkylation sites (N-methyl/N-ethyl adjacent to an activating group) is 1. The Morgan fingerprint density at radius 1 is 1.08 bits per heavy atom. The molecule has 0 unspecified atom stereocenters. The predicted octanol–water partition coefficient (Wildman–Crippen LogP) is 5.00. The number of amides is 1. The van der Waals surface area contributed by atoms with Crippen LogP contribution < -0.4 is 4.90 Å². The molecule has 6 heteroatoms. The highest BCUT2D eigenvalue weighted by molar-refractivity contribution is 6.37. The minimum atomic E-state index is -0.0582. The van der Waals surface area contributed by atoms with Crippen LogP contribution in [0.1, 0.15) is 16.8 Å². The first-order valence-electron chi connectivity index (χ1n) is 8.07. The molecular formula is C20H15Cl2N3O. The number of carbonyl (C=O) groups excluding carboxylic acids is 1. The van der Waals surface area contributed by atoms with Gasteiger partial charge in [-0.15, -0.1) is 0 Å². The van der Waals surface area contributed by atoms with E-state index in [9.17, 15) is 4.79 Å². The maximum atomic E-state index is 12.7. The predicted molar refractivity (Wildman–Crippen MR) is 106 cm³/mol. The topological polar surface area (TPSA) is 38.1 Å². The molecule has 3 aromatic rings. The number of para-hydroxylation sites is 1. The SMILES string of the molecule is Cc1nn(-c2cccc(Cl)c2)c(Cl)c1/C=C1\C(=O)N(C)c2ccccc21. The van der Waals surface area contributed by atoms with Crippen LogP contribution in [0.5, 0.6) is 0 Å². The van der Waals surface area contributed by atoms with E-state index in [2.05, 4.69) is 5.10 Å². The normalized spacial score (nSPS) is 15.0. The van der Waals surface area contributed by atoms with Crippen molar-refractivity contribution >= 4 is 46.4 Å². The number of fused-ring (bicyclic) bond motifs is 1. The molecule has 2 aromatic carbocycles. The Bertz CT molecular complexity index is 1070. The molecule has 0 saturated carbocycles. The van der Waals surface area contributed by atoms with Gasteiger partial charge >= 0.3 is 0 Å². The van der Waals surface area contributed by atoms with E-state index in [0.717, 1.165) is 28.2 Å². The third-order valence-corrected chi connectivity index (χ3v) is 5.08. The summed E-state index contributed by atoms with van der Waals surface area (Å²) >= 11 is 12.7. The summed E-state index contributed by atoms with van der Waals surface area (Å²) in [6.07, 6.45) is 1.82. The van der Waals surface area contributed by atoms with Crippen LogP contribution in [0.4, 0.5) is 5.69 Å². The molecule has 1 aromatic heterocycles. The summed E-state index contributed by atoms with van der Waals surface area (Å²) in [6, 6.07) is 15.0. The van der Waals surface area contributed by atoms with E-state index in [1.165, 1.54) is 0 Å². The monoisotopic (exact) mass is 383 g/mol. The van der Waals surface area contributed by atoms with E-state index in [1.54, 1.807) is 28.8 Å². The number of halogens is 2. The molecule has 0 N–H and O–H groups in total. The van der Waals surface area contributed by atoms with Crippen LogP contribution in [0.3, 0.4) is 0 Å². The maximum Gasteiger partial charge on any atom is 0.258 e. The second-order valence-electron chi connectivity index (χ2n) is 6.12. The second kappa shape index (κ2) is 6.31. The summed E-state index contributed by atoms with van der Waals surface area (Å²) in [7, 11) is 1.77. The average Bonchev–Trinajstić information content (AvgIpc) is 3.05. The average molecular weight is 384 g/mol. The standard InChI is InChI=1S/C20H15Cl2N3O/c1-12-16(19(22)25(23-12)14-7-5-6-13(21)10-14)11-17-15-8-3-4-9-18(15)24(2)20(17)26/h3-11H,1-2H3/b17-11-. The molecule has 4 nitrogen and oxygen atoms in total. The molecule has 0 saturated heterocycles. The second-order valence-corrected chi connectivity index (χ2v) is 6.92. The van der Waals surface area contributed by atoms with Gasteiger partial charge in [-0.25, -0.2) is 4.68 Å². The first-order valence-corrected chi connectivity index (χ1v) is 8.83. The van der Waals surface area contributed by atoms with Crippen molar-refractivity contribution in [1.82, 2.24) is 9.78 Å². The van der Waals surface area contributed by atoms with Gasteiger partial charge in [0.2, 0.25) is 0 Å². The van der Waals surface area contributed by atoms with E-state index < -0.39 is 0 Å². The first-order chi connectivity index (χ1) is 12.5. The van der Waals surface area contributed by atoms with Crippen molar-refractivity contribution < 1.29 is 4.79 Å². The summed E-state index contributed by atoms with van der Waals surface area (Å²) in [6.45, 7) is 1.87. The highest BCUT2D eigenvalue weighted by atomic mass is 35.5. The van der Waals surface area contributed by atoms with Gasteiger partial charge in [0.25, 0.3) is 5.91 Å². The number of benzene rings is 2. The number of hydrogen-bond donors (Lipinski definition) is 0. The zero-order valence-electron chi connectivity index (χ0n) is 14.2. The Kier molecular flexibility index (Phi) is 4.10. The lowest BCUT2D eigenvalue weighted by molar-refractivity contribution is -0.112. The van der Waals surface area contributed by atoms with E-state index >= 15 is 0 Å². The van der Waals surface area contributed by atoms with Gasteiger partial charge in [-0.2, -0.15) is 5.10 Å². The van der Waals surface area contributed by atoms with Crippen LogP contribution in [0.15, 0.2) is 48.5 Å².